The van der Waals surface area contributed by atoms with Gasteiger partial charge in [-0.2, -0.15) is 9.61 Å². The first-order valence-electron chi connectivity index (χ1n) is 11.7. The Morgan fingerprint density at radius 2 is 2.00 bits per heavy atom. The Balaban J connectivity index is 1.50. The third-order valence-corrected chi connectivity index (χ3v) is 6.78. The van der Waals surface area contributed by atoms with Crippen LogP contribution >= 0.6 is 15.9 Å². The van der Waals surface area contributed by atoms with Gasteiger partial charge in [0.1, 0.15) is 22.8 Å². The van der Waals surface area contributed by atoms with E-state index >= 15 is 0 Å². The topological polar surface area (TPSA) is 118 Å². The maximum Gasteiger partial charge on any atom is 0.509 e. The van der Waals surface area contributed by atoms with E-state index in [1.807, 2.05) is 6.92 Å². The third-order valence-electron chi connectivity index (χ3n) is 6.23. The van der Waals surface area contributed by atoms with E-state index in [9.17, 15) is 14.7 Å². The third kappa shape index (κ3) is 5.56. The molecule has 0 atom stereocenters. The molecule has 2 fully saturated rings. The number of hydrogen-bond acceptors (Lipinski definition) is 7. The average Bonchev–Trinajstić information content (AvgIpc) is 3.32. The summed E-state index contributed by atoms with van der Waals surface area (Å²) in [7, 11) is 0. The number of ether oxygens (including phenoxy) is 2. The van der Waals surface area contributed by atoms with E-state index in [1.54, 1.807) is 33.0 Å². The molecule has 2 aliphatic rings. The van der Waals surface area contributed by atoms with E-state index in [1.165, 1.54) is 22.3 Å². The molecule has 0 radical (unpaired) electrons. The molecular formula is C23H32BrN5O5. The first-order chi connectivity index (χ1) is 15.9. The second kappa shape index (κ2) is 9.24. The summed E-state index contributed by atoms with van der Waals surface area (Å²) < 4.78 is 13.0. The van der Waals surface area contributed by atoms with E-state index in [0.29, 0.717) is 40.6 Å². The highest BCUT2D eigenvalue weighted by atomic mass is 79.9. The molecule has 0 spiro atoms. The number of amides is 1. The van der Waals surface area contributed by atoms with Gasteiger partial charge in [-0.1, -0.05) is 12.8 Å². The Bertz CT molecular complexity index is 1070. The largest absolute Gasteiger partial charge is 0.509 e. The number of carboxylic acid groups (broad SMARTS) is 1. The second-order valence-electron chi connectivity index (χ2n) is 10.5. The van der Waals surface area contributed by atoms with Crippen molar-refractivity contribution in [2.75, 3.05) is 16.8 Å². The first kappa shape index (κ1) is 24.6. The molecule has 186 valence electrons. The van der Waals surface area contributed by atoms with Gasteiger partial charge >= 0.3 is 12.2 Å². The molecule has 0 unspecified atom stereocenters. The van der Waals surface area contributed by atoms with Crippen molar-refractivity contribution in [3.63, 3.8) is 0 Å². The fourth-order valence-corrected chi connectivity index (χ4v) is 5.19. The van der Waals surface area contributed by atoms with Crippen LogP contribution < -0.4 is 10.2 Å². The van der Waals surface area contributed by atoms with Crippen LogP contribution in [-0.4, -0.2) is 55.7 Å². The molecule has 0 aliphatic heterocycles. The van der Waals surface area contributed by atoms with E-state index in [0.717, 1.165) is 12.8 Å². The zero-order valence-corrected chi connectivity index (χ0v) is 21.6. The van der Waals surface area contributed by atoms with Gasteiger partial charge in [-0.3, -0.25) is 4.90 Å². The number of halogens is 1. The molecule has 4 rings (SSSR count). The Labute approximate surface area is 207 Å². The summed E-state index contributed by atoms with van der Waals surface area (Å²) in [5.74, 6) is 1.08. The number of aromatic nitrogens is 3. The number of anilines is 2. The highest BCUT2D eigenvalue weighted by Gasteiger charge is 2.46. The van der Waals surface area contributed by atoms with Gasteiger partial charge in [0.25, 0.3) is 0 Å². The molecule has 2 aliphatic carbocycles. The smallest absolute Gasteiger partial charge is 0.465 e. The lowest BCUT2D eigenvalue weighted by molar-refractivity contribution is -0.109. The standard InChI is InChI=1S/C23H32BrN5O5/c1-22(2,3)33-21(32)34-23(4)10-14(11-23)13-28(20(30)31)18-9-17(26-15-7-5-6-8-15)27-19-16(24)12-25-29(18)19/h9,12,14-15H,5-8,10-11,13H2,1-4H3,(H,26,27)(H,30,31). The summed E-state index contributed by atoms with van der Waals surface area (Å²) in [6, 6.07) is 2.08. The Hall–Kier alpha value is -2.56. The van der Waals surface area contributed by atoms with Crippen LogP contribution in [0.15, 0.2) is 16.7 Å². The number of nitrogens with one attached hydrogen (secondary N) is 1. The van der Waals surface area contributed by atoms with Gasteiger partial charge in [0, 0.05) is 18.7 Å². The molecule has 0 aromatic carbocycles. The minimum atomic E-state index is -1.08. The molecule has 0 bridgehead atoms. The lowest BCUT2D eigenvalue weighted by Gasteiger charge is -2.45. The minimum Gasteiger partial charge on any atom is -0.465 e. The summed E-state index contributed by atoms with van der Waals surface area (Å²) in [6.07, 6.45) is 5.41. The van der Waals surface area contributed by atoms with Crippen molar-refractivity contribution in [2.24, 2.45) is 5.92 Å². The molecule has 0 saturated heterocycles. The summed E-state index contributed by atoms with van der Waals surface area (Å²) in [5, 5.41) is 17.9. The maximum absolute atomic E-state index is 12.3. The maximum atomic E-state index is 12.3. The quantitative estimate of drug-likeness (QED) is 0.466. The van der Waals surface area contributed by atoms with Gasteiger partial charge < -0.3 is 19.9 Å². The van der Waals surface area contributed by atoms with Gasteiger partial charge in [-0.05, 0) is 75.2 Å². The Kier molecular flexibility index (Phi) is 6.67. The fourth-order valence-electron chi connectivity index (χ4n) is 4.84. The molecule has 34 heavy (non-hydrogen) atoms. The summed E-state index contributed by atoms with van der Waals surface area (Å²) >= 11 is 3.47. The van der Waals surface area contributed by atoms with Crippen LogP contribution in [0.1, 0.15) is 66.2 Å². The van der Waals surface area contributed by atoms with E-state index in [4.69, 9.17) is 9.47 Å². The van der Waals surface area contributed by atoms with Crippen molar-refractivity contribution < 1.29 is 24.2 Å². The van der Waals surface area contributed by atoms with Crippen molar-refractivity contribution >= 4 is 45.5 Å². The Morgan fingerprint density at radius 3 is 2.62 bits per heavy atom. The average molecular weight is 538 g/mol. The summed E-state index contributed by atoms with van der Waals surface area (Å²) in [4.78, 5) is 30.3. The SMILES string of the molecule is CC(C)(C)OC(=O)OC1(C)CC(CN(C(=O)O)c2cc(NC3CCCC3)nc3c(Br)cnn23)C1. The van der Waals surface area contributed by atoms with Gasteiger partial charge in [0.2, 0.25) is 0 Å². The number of rotatable bonds is 6. The van der Waals surface area contributed by atoms with Gasteiger partial charge in [0.05, 0.1) is 10.7 Å². The molecule has 1 amide bonds. The molecule has 2 aromatic rings. The fraction of sp³-hybridized carbons (Fsp3) is 0.652. The van der Waals surface area contributed by atoms with Crippen LogP contribution in [0.3, 0.4) is 0 Å². The van der Waals surface area contributed by atoms with Crippen LogP contribution in [0, 0.1) is 5.92 Å². The first-order valence-corrected chi connectivity index (χ1v) is 12.4. The molecule has 2 N–H and O–H groups in total. The molecule has 2 aromatic heterocycles. The lowest BCUT2D eigenvalue weighted by Crippen LogP contribution is -2.50. The van der Waals surface area contributed by atoms with Crippen molar-refractivity contribution in [1.82, 2.24) is 14.6 Å². The van der Waals surface area contributed by atoms with E-state index < -0.39 is 23.5 Å². The van der Waals surface area contributed by atoms with Crippen LogP contribution in [0.5, 0.6) is 0 Å². The zero-order chi connectivity index (χ0) is 24.7. The van der Waals surface area contributed by atoms with Crippen molar-refractivity contribution in [3.8, 4) is 0 Å². The second-order valence-corrected chi connectivity index (χ2v) is 11.4. The monoisotopic (exact) mass is 537 g/mol. The van der Waals surface area contributed by atoms with Crippen molar-refractivity contribution in [1.29, 1.82) is 0 Å². The molecule has 2 heterocycles. The van der Waals surface area contributed by atoms with Crippen LogP contribution in [0.2, 0.25) is 0 Å². The zero-order valence-electron chi connectivity index (χ0n) is 20.0. The predicted molar refractivity (Wildman–Crippen MR) is 130 cm³/mol. The van der Waals surface area contributed by atoms with Gasteiger partial charge in [-0.15, -0.1) is 0 Å². The lowest BCUT2D eigenvalue weighted by atomic mass is 9.71. The highest BCUT2D eigenvalue weighted by Crippen LogP contribution is 2.42. The number of nitrogens with zero attached hydrogens (tertiary/aromatic N) is 4. The number of carbonyl (C=O) groups is 2. The normalized spacial score (nSPS) is 22.9. The molecule has 2 saturated carbocycles. The van der Waals surface area contributed by atoms with Crippen molar-refractivity contribution in [2.45, 2.75) is 83.5 Å². The van der Waals surface area contributed by atoms with Gasteiger partial charge in [-0.25, -0.2) is 14.6 Å². The summed E-state index contributed by atoms with van der Waals surface area (Å²) in [6.45, 7) is 7.44. The predicted octanol–water partition coefficient (Wildman–Crippen LogP) is 5.45. The molecular weight excluding hydrogens is 506 g/mol. The highest BCUT2D eigenvalue weighted by molar-refractivity contribution is 9.10. The molecule has 10 nitrogen and oxygen atoms in total. The number of hydrogen-bond donors (Lipinski definition) is 2. The van der Waals surface area contributed by atoms with Gasteiger partial charge in [0.15, 0.2) is 5.65 Å². The Morgan fingerprint density at radius 1 is 1.32 bits per heavy atom. The minimum absolute atomic E-state index is 0.0250. The molecule has 11 heteroatoms. The van der Waals surface area contributed by atoms with Crippen LogP contribution in [-0.2, 0) is 9.47 Å². The number of fused-ring (bicyclic) bond motifs is 1. The van der Waals surface area contributed by atoms with Crippen LogP contribution in [0.4, 0.5) is 21.2 Å². The summed E-state index contributed by atoms with van der Waals surface area (Å²) in [5.41, 5.74) is -0.753. The van der Waals surface area contributed by atoms with Crippen molar-refractivity contribution in [3.05, 3.63) is 16.7 Å². The van der Waals surface area contributed by atoms with Crippen LogP contribution in [0.25, 0.3) is 5.65 Å². The van der Waals surface area contributed by atoms with E-state index in [-0.39, 0.29) is 12.5 Å². The van der Waals surface area contributed by atoms with E-state index in [2.05, 4.69) is 31.3 Å². The number of carbonyl (C=O) groups excluding carboxylic acids is 1.